The van der Waals surface area contributed by atoms with Gasteiger partial charge in [-0.1, -0.05) is 47.3 Å². The molecule has 1 saturated carbocycles. The summed E-state index contributed by atoms with van der Waals surface area (Å²) >= 11 is 3.62. The first-order valence-electron chi connectivity index (χ1n) is 8.38. The van der Waals surface area contributed by atoms with E-state index >= 15 is 0 Å². The third kappa shape index (κ3) is 4.09. The lowest BCUT2D eigenvalue weighted by Crippen LogP contribution is -2.42. The van der Waals surface area contributed by atoms with Gasteiger partial charge in [-0.25, -0.2) is 0 Å². The van der Waals surface area contributed by atoms with Crippen molar-refractivity contribution >= 4 is 34.2 Å². The molecule has 0 aromatic heterocycles. The van der Waals surface area contributed by atoms with Gasteiger partial charge in [0.1, 0.15) is 0 Å². The summed E-state index contributed by atoms with van der Waals surface area (Å²) in [6.45, 7) is 2.22. The summed E-state index contributed by atoms with van der Waals surface area (Å²) in [6, 6.07) is 6.28. The summed E-state index contributed by atoms with van der Waals surface area (Å²) in [5, 5.41) is 0. The van der Waals surface area contributed by atoms with Gasteiger partial charge in [0.15, 0.2) is 0 Å². The number of hydrogen-bond acceptors (Lipinski definition) is 2. The summed E-state index contributed by atoms with van der Waals surface area (Å²) in [7, 11) is 0. The summed E-state index contributed by atoms with van der Waals surface area (Å²) in [5.41, 5.74) is 8.73. The summed E-state index contributed by atoms with van der Waals surface area (Å²) < 4.78 is 1.17. The molecule has 2 N–H and O–H groups in total. The number of nitrogens with two attached hydrogens (primary N) is 1. The van der Waals surface area contributed by atoms with Crippen LogP contribution in [0.1, 0.15) is 49.7 Å². The molecule has 1 heterocycles. The van der Waals surface area contributed by atoms with Crippen molar-refractivity contribution in [3.05, 3.63) is 33.8 Å². The highest BCUT2D eigenvalue weighted by atomic mass is 79.9. The zero-order valence-electron chi connectivity index (χ0n) is 13.5. The molecule has 23 heavy (non-hydrogen) atoms. The molecule has 1 aliphatic heterocycles. The number of benzene rings is 1. The fourth-order valence-electron chi connectivity index (χ4n) is 3.96. The fraction of sp³-hybridized carbons (Fsp3) is 0.611. The van der Waals surface area contributed by atoms with Gasteiger partial charge in [0, 0.05) is 24.0 Å². The molecule has 128 valence electrons. The second kappa shape index (κ2) is 8.00. The molecular formula is C18H26BrClN2O. The topological polar surface area (TPSA) is 46.3 Å². The number of carbonyl (C=O) groups excluding carboxylic acids is 1. The largest absolute Gasteiger partial charge is 0.338 e. The molecule has 1 aromatic rings. The van der Waals surface area contributed by atoms with E-state index in [4.69, 9.17) is 5.73 Å². The zero-order valence-corrected chi connectivity index (χ0v) is 15.9. The first-order chi connectivity index (χ1) is 10.6. The van der Waals surface area contributed by atoms with E-state index in [2.05, 4.69) is 34.1 Å². The fourth-order valence-corrected chi connectivity index (χ4v) is 4.57. The molecule has 1 aromatic carbocycles. The van der Waals surface area contributed by atoms with Crippen molar-refractivity contribution in [2.45, 2.75) is 51.5 Å². The molecule has 0 spiro atoms. The molecule has 1 fully saturated rings. The minimum atomic E-state index is 0. The summed E-state index contributed by atoms with van der Waals surface area (Å²) in [5.74, 6) is 0.290. The van der Waals surface area contributed by atoms with Crippen LogP contribution in [0.15, 0.2) is 22.7 Å². The lowest BCUT2D eigenvalue weighted by Gasteiger charge is -2.38. The van der Waals surface area contributed by atoms with Gasteiger partial charge in [-0.2, -0.15) is 0 Å². The SMILES string of the molecule is Cl.NCC1(CC(=O)N2CCc3c(Br)cccc3C2)CCCCC1. The average Bonchev–Trinajstić information content (AvgIpc) is 2.55. The van der Waals surface area contributed by atoms with E-state index in [1.165, 1.54) is 34.9 Å². The van der Waals surface area contributed by atoms with Crippen LogP contribution in [-0.2, 0) is 17.8 Å². The van der Waals surface area contributed by atoms with Gasteiger partial charge in [0.25, 0.3) is 0 Å². The van der Waals surface area contributed by atoms with Gasteiger partial charge >= 0.3 is 0 Å². The lowest BCUT2D eigenvalue weighted by molar-refractivity contribution is -0.135. The molecule has 0 unspecified atom stereocenters. The Morgan fingerprint density at radius 3 is 2.70 bits per heavy atom. The second-order valence-electron chi connectivity index (χ2n) is 6.88. The Morgan fingerprint density at radius 1 is 1.26 bits per heavy atom. The minimum absolute atomic E-state index is 0. The number of carbonyl (C=O) groups is 1. The second-order valence-corrected chi connectivity index (χ2v) is 7.74. The Bertz CT molecular complexity index is 558. The van der Waals surface area contributed by atoms with Gasteiger partial charge in [0.05, 0.1) is 0 Å². The van der Waals surface area contributed by atoms with Gasteiger partial charge in [-0.3, -0.25) is 4.79 Å². The van der Waals surface area contributed by atoms with Crippen LogP contribution >= 0.6 is 28.3 Å². The Balaban J connectivity index is 0.00000192. The quantitative estimate of drug-likeness (QED) is 0.830. The van der Waals surface area contributed by atoms with Crippen molar-refractivity contribution in [3.8, 4) is 0 Å². The van der Waals surface area contributed by atoms with Gasteiger partial charge in [-0.15, -0.1) is 12.4 Å². The van der Waals surface area contributed by atoms with Gasteiger partial charge in [-0.05, 0) is 48.4 Å². The van der Waals surface area contributed by atoms with E-state index < -0.39 is 0 Å². The first kappa shape index (κ1) is 18.8. The zero-order chi connectivity index (χ0) is 15.6. The molecule has 5 heteroatoms. The predicted molar refractivity (Wildman–Crippen MR) is 99.7 cm³/mol. The maximum Gasteiger partial charge on any atom is 0.223 e. The number of hydrogen-bond donors (Lipinski definition) is 1. The molecule has 0 saturated heterocycles. The lowest BCUT2D eigenvalue weighted by atomic mass is 9.71. The normalized spacial score (nSPS) is 19.7. The number of nitrogens with zero attached hydrogens (tertiary/aromatic N) is 1. The van der Waals surface area contributed by atoms with E-state index in [0.717, 1.165) is 32.4 Å². The van der Waals surface area contributed by atoms with E-state index in [-0.39, 0.29) is 23.7 Å². The van der Waals surface area contributed by atoms with Crippen LogP contribution in [0.4, 0.5) is 0 Å². The van der Waals surface area contributed by atoms with Crippen molar-refractivity contribution in [2.75, 3.05) is 13.1 Å². The van der Waals surface area contributed by atoms with Gasteiger partial charge in [0.2, 0.25) is 5.91 Å². The summed E-state index contributed by atoms with van der Waals surface area (Å²) in [6.07, 6.45) is 7.54. The molecule has 0 atom stereocenters. The number of rotatable bonds is 3. The van der Waals surface area contributed by atoms with E-state index in [9.17, 15) is 4.79 Å². The number of fused-ring (bicyclic) bond motifs is 1. The van der Waals surface area contributed by atoms with Crippen molar-refractivity contribution in [1.29, 1.82) is 0 Å². The maximum atomic E-state index is 12.8. The third-order valence-corrected chi connectivity index (χ3v) is 6.18. The van der Waals surface area contributed by atoms with Crippen molar-refractivity contribution < 1.29 is 4.79 Å². The average molecular weight is 402 g/mol. The molecule has 3 nitrogen and oxygen atoms in total. The first-order valence-corrected chi connectivity index (χ1v) is 9.17. The van der Waals surface area contributed by atoms with E-state index in [0.29, 0.717) is 13.0 Å². The van der Waals surface area contributed by atoms with E-state index in [1.807, 2.05) is 4.90 Å². The standard InChI is InChI=1S/C18H25BrN2O.ClH/c19-16-6-4-5-14-12-21(10-7-15(14)16)17(22)11-18(13-20)8-2-1-3-9-18;/h4-6H,1-3,7-13,20H2;1H. The van der Waals surface area contributed by atoms with Crippen LogP contribution in [0.25, 0.3) is 0 Å². The van der Waals surface area contributed by atoms with E-state index in [1.54, 1.807) is 0 Å². The molecule has 1 aliphatic carbocycles. The summed E-state index contributed by atoms with van der Waals surface area (Å²) in [4.78, 5) is 14.8. The monoisotopic (exact) mass is 400 g/mol. The maximum absolute atomic E-state index is 12.8. The number of halogens is 2. The molecule has 3 rings (SSSR count). The molecular weight excluding hydrogens is 376 g/mol. The van der Waals surface area contributed by atoms with Crippen LogP contribution in [0.2, 0.25) is 0 Å². The molecule has 2 aliphatic rings. The smallest absolute Gasteiger partial charge is 0.223 e. The highest BCUT2D eigenvalue weighted by molar-refractivity contribution is 9.10. The number of amides is 1. The third-order valence-electron chi connectivity index (χ3n) is 5.43. The Hall–Kier alpha value is -0.580. The van der Waals surface area contributed by atoms with Crippen molar-refractivity contribution in [2.24, 2.45) is 11.1 Å². The minimum Gasteiger partial charge on any atom is -0.338 e. The highest BCUT2D eigenvalue weighted by Gasteiger charge is 2.35. The predicted octanol–water partition coefficient (Wildman–Crippen LogP) is 4.05. The van der Waals surface area contributed by atoms with Crippen molar-refractivity contribution in [3.63, 3.8) is 0 Å². The Morgan fingerprint density at radius 2 is 2.00 bits per heavy atom. The van der Waals surface area contributed by atoms with Gasteiger partial charge < -0.3 is 10.6 Å². The molecule has 1 amide bonds. The van der Waals surface area contributed by atoms with Crippen LogP contribution in [0, 0.1) is 5.41 Å². The molecule has 0 radical (unpaired) electrons. The highest BCUT2D eigenvalue weighted by Crippen LogP contribution is 2.39. The molecule has 0 bridgehead atoms. The van der Waals surface area contributed by atoms with Crippen LogP contribution < -0.4 is 5.73 Å². The van der Waals surface area contributed by atoms with Crippen LogP contribution in [0.3, 0.4) is 0 Å². The van der Waals surface area contributed by atoms with Crippen molar-refractivity contribution in [1.82, 2.24) is 4.90 Å². The Labute approximate surface area is 153 Å². The van der Waals surface area contributed by atoms with Crippen LogP contribution in [-0.4, -0.2) is 23.9 Å². The van der Waals surface area contributed by atoms with Crippen LogP contribution in [0.5, 0.6) is 0 Å². The Kier molecular flexibility index (Phi) is 6.52.